The molecule has 0 fully saturated rings. The van der Waals surface area contributed by atoms with Crippen LogP contribution in [0.2, 0.25) is 0 Å². The number of fused-ring (bicyclic) bond motifs is 1. The van der Waals surface area contributed by atoms with Crippen LogP contribution in [-0.4, -0.2) is 57.0 Å². The first-order chi connectivity index (χ1) is 12.6. The van der Waals surface area contributed by atoms with Gasteiger partial charge in [0.25, 0.3) is 5.56 Å². The topological polar surface area (TPSA) is 110 Å². The molecule has 0 bridgehead atoms. The second-order valence-corrected chi connectivity index (χ2v) is 9.21. The Bertz CT molecular complexity index is 1020. The lowest BCUT2D eigenvalue weighted by Crippen LogP contribution is -2.38. The van der Waals surface area contributed by atoms with Gasteiger partial charge in [-0.15, -0.1) is 0 Å². The number of sulfone groups is 1. The molecular formula is C17H29N5O4S. The highest BCUT2D eigenvalue weighted by Gasteiger charge is 2.22. The molecule has 0 amide bonds. The third-order valence-corrected chi connectivity index (χ3v) is 5.85. The zero-order valence-electron chi connectivity index (χ0n) is 16.7. The van der Waals surface area contributed by atoms with Gasteiger partial charge < -0.3 is 4.57 Å². The molecule has 0 spiro atoms. The summed E-state index contributed by atoms with van der Waals surface area (Å²) < 4.78 is 26.4. The van der Waals surface area contributed by atoms with Gasteiger partial charge in [-0.05, 0) is 19.9 Å². The molecule has 0 aromatic carbocycles. The lowest BCUT2D eigenvalue weighted by molar-refractivity contribution is 0.219. The number of unbranched alkanes of at least 4 members (excludes halogenated alkanes) is 1. The van der Waals surface area contributed by atoms with Crippen LogP contribution in [-0.2, 0) is 30.0 Å². The van der Waals surface area contributed by atoms with E-state index >= 15 is 0 Å². The second-order valence-electron chi connectivity index (χ2n) is 7.03. The summed E-state index contributed by atoms with van der Waals surface area (Å²) in [5.74, 6) is 0.667. The Morgan fingerprint density at radius 1 is 1.26 bits per heavy atom. The van der Waals surface area contributed by atoms with E-state index in [9.17, 15) is 18.0 Å². The van der Waals surface area contributed by atoms with E-state index in [4.69, 9.17) is 0 Å². The summed E-state index contributed by atoms with van der Waals surface area (Å²) in [5, 5.41) is 0. The van der Waals surface area contributed by atoms with Gasteiger partial charge >= 0.3 is 5.69 Å². The molecule has 1 N–H and O–H groups in total. The monoisotopic (exact) mass is 399 g/mol. The molecule has 1 atom stereocenters. The highest BCUT2D eigenvalue weighted by molar-refractivity contribution is 7.90. The molecule has 152 valence electrons. The van der Waals surface area contributed by atoms with Crippen molar-refractivity contribution in [1.29, 1.82) is 0 Å². The molecule has 0 saturated heterocycles. The van der Waals surface area contributed by atoms with Crippen LogP contribution in [0.25, 0.3) is 11.2 Å². The Labute approximate surface area is 158 Å². The molecule has 2 rings (SSSR count). The summed E-state index contributed by atoms with van der Waals surface area (Å²) in [6.45, 7) is 7.35. The quantitative estimate of drug-likeness (QED) is 0.657. The normalized spacial score (nSPS) is 13.6. The van der Waals surface area contributed by atoms with E-state index in [-0.39, 0.29) is 11.8 Å². The number of rotatable bonds is 9. The zero-order chi connectivity index (χ0) is 20.4. The molecule has 10 heteroatoms. The average molecular weight is 400 g/mol. The predicted octanol–water partition coefficient (Wildman–Crippen LogP) is 0.478. The first-order valence-corrected chi connectivity index (χ1v) is 11.2. The number of nitrogens with one attached hydrogen (secondary N) is 1. The number of H-pyrrole nitrogens is 1. The number of aromatic nitrogens is 4. The van der Waals surface area contributed by atoms with E-state index in [1.165, 1.54) is 10.8 Å². The number of hydrogen-bond donors (Lipinski definition) is 1. The van der Waals surface area contributed by atoms with Crippen molar-refractivity contribution in [3.05, 3.63) is 26.7 Å². The Hall–Kier alpha value is -1.94. The molecule has 0 saturated carbocycles. The maximum atomic E-state index is 12.3. The van der Waals surface area contributed by atoms with Gasteiger partial charge in [-0.1, -0.05) is 20.3 Å². The third kappa shape index (κ3) is 4.86. The first-order valence-electron chi connectivity index (χ1n) is 9.19. The summed E-state index contributed by atoms with van der Waals surface area (Å²) in [5.41, 5.74) is -0.186. The van der Waals surface area contributed by atoms with Gasteiger partial charge in [0, 0.05) is 25.9 Å². The first kappa shape index (κ1) is 21.4. The van der Waals surface area contributed by atoms with E-state index in [1.54, 1.807) is 11.6 Å². The minimum atomic E-state index is -3.10. The van der Waals surface area contributed by atoms with Crippen molar-refractivity contribution in [2.45, 2.75) is 52.7 Å². The zero-order valence-corrected chi connectivity index (χ0v) is 17.5. The summed E-state index contributed by atoms with van der Waals surface area (Å²) in [4.78, 5) is 33.4. The maximum Gasteiger partial charge on any atom is 0.330 e. The Morgan fingerprint density at radius 3 is 2.48 bits per heavy atom. The highest BCUT2D eigenvalue weighted by Crippen LogP contribution is 2.14. The van der Waals surface area contributed by atoms with Crippen LogP contribution >= 0.6 is 0 Å². The van der Waals surface area contributed by atoms with Crippen LogP contribution in [0.3, 0.4) is 0 Å². The predicted molar refractivity (Wildman–Crippen MR) is 106 cm³/mol. The average Bonchev–Trinajstić information content (AvgIpc) is 2.87. The Kier molecular flexibility index (Phi) is 6.63. The van der Waals surface area contributed by atoms with Crippen molar-refractivity contribution < 1.29 is 8.42 Å². The van der Waals surface area contributed by atoms with E-state index in [0.717, 1.165) is 12.8 Å². The molecule has 0 aliphatic rings. The molecule has 2 heterocycles. The lowest BCUT2D eigenvalue weighted by Gasteiger charge is -2.26. The van der Waals surface area contributed by atoms with Crippen LogP contribution in [0.4, 0.5) is 0 Å². The summed E-state index contributed by atoms with van der Waals surface area (Å²) in [6, 6.07) is -0.189. The van der Waals surface area contributed by atoms with E-state index < -0.39 is 21.1 Å². The van der Waals surface area contributed by atoms with Crippen LogP contribution in [0.15, 0.2) is 9.59 Å². The fourth-order valence-electron chi connectivity index (χ4n) is 3.26. The van der Waals surface area contributed by atoms with E-state index in [1.807, 2.05) is 25.7 Å². The van der Waals surface area contributed by atoms with Gasteiger partial charge in [0.1, 0.15) is 15.7 Å². The molecular weight excluding hydrogens is 370 g/mol. The molecule has 0 radical (unpaired) electrons. The third-order valence-electron chi connectivity index (χ3n) is 4.76. The number of nitrogens with zero attached hydrogens (tertiary/aromatic N) is 4. The molecule has 0 aliphatic carbocycles. The SMILES string of the molecule is CCCCn1c(=O)[nH]c(=O)c2c1nc(CN(CC)C(C)CS(C)(=O)=O)n2C. The highest BCUT2D eigenvalue weighted by atomic mass is 32.2. The molecule has 27 heavy (non-hydrogen) atoms. The number of imidazole rings is 1. The standard InChI is InChI=1S/C17H29N5O4S/c1-6-8-9-22-15-14(16(23)19-17(22)24)20(4)13(18-15)10-21(7-2)12(3)11-27(5,25)26/h12H,6-11H2,1-5H3,(H,19,23,24). The van der Waals surface area contributed by atoms with Crippen molar-refractivity contribution >= 4 is 21.0 Å². The van der Waals surface area contributed by atoms with E-state index in [0.29, 0.717) is 36.6 Å². The van der Waals surface area contributed by atoms with Gasteiger partial charge in [-0.25, -0.2) is 18.2 Å². The van der Waals surface area contributed by atoms with Gasteiger partial charge in [0.2, 0.25) is 0 Å². The van der Waals surface area contributed by atoms with Gasteiger partial charge in [-0.3, -0.25) is 19.2 Å². The Balaban J connectivity index is 2.47. The molecule has 9 nitrogen and oxygen atoms in total. The fraction of sp³-hybridized carbons (Fsp3) is 0.706. The van der Waals surface area contributed by atoms with Crippen LogP contribution < -0.4 is 11.2 Å². The van der Waals surface area contributed by atoms with Crippen molar-refractivity contribution in [2.75, 3.05) is 18.6 Å². The van der Waals surface area contributed by atoms with Crippen molar-refractivity contribution in [3.8, 4) is 0 Å². The largest absolute Gasteiger partial charge is 0.330 e. The Morgan fingerprint density at radius 2 is 1.93 bits per heavy atom. The molecule has 1 unspecified atom stereocenters. The number of aromatic amines is 1. The van der Waals surface area contributed by atoms with Gasteiger partial charge in [-0.2, -0.15) is 0 Å². The molecule has 2 aromatic rings. The van der Waals surface area contributed by atoms with Crippen LogP contribution in [0, 0.1) is 0 Å². The fourth-order valence-corrected chi connectivity index (χ4v) is 4.35. The van der Waals surface area contributed by atoms with Gasteiger partial charge in [0.05, 0.1) is 12.3 Å². The minimum Gasteiger partial charge on any atom is -0.324 e. The van der Waals surface area contributed by atoms with Gasteiger partial charge in [0.15, 0.2) is 11.2 Å². The number of hydrogen-bond acceptors (Lipinski definition) is 6. The van der Waals surface area contributed by atoms with Crippen LogP contribution in [0.1, 0.15) is 39.4 Å². The van der Waals surface area contributed by atoms with E-state index in [2.05, 4.69) is 9.97 Å². The summed E-state index contributed by atoms with van der Waals surface area (Å²) in [7, 11) is -1.36. The summed E-state index contributed by atoms with van der Waals surface area (Å²) in [6.07, 6.45) is 2.94. The second kappa shape index (κ2) is 8.39. The van der Waals surface area contributed by atoms with Crippen molar-refractivity contribution in [3.63, 3.8) is 0 Å². The summed E-state index contributed by atoms with van der Waals surface area (Å²) >= 11 is 0. The molecule has 0 aliphatic heterocycles. The number of aryl methyl sites for hydroxylation is 2. The van der Waals surface area contributed by atoms with Crippen molar-refractivity contribution in [1.82, 2.24) is 24.0 Å². The lowest BCUT2D eigenvalue weighted by atomic mass is 10.3. The maximum absolute atomic E-state index is 12.3. The van der Waals surface area contributed by atoms with Crippen molar-refractivity contribution in [2.24, 2.45) is 7.05 Å². The molecule has 2 aromatic heterocycles. The van der Waals surface area contributed by atoms with Crippen LogP contribution in [0.5, 0.6) is 0 Å². The smallest absolute Gasteiger partial charge is 0.324 e. The minimum absolute atomic E-state index is 0.0482.